The van der Waals surface area contributed by atoms with E-state index in [1.165, 1.54) is 23.3 Å². The number of aliphatic hydroxyl groups excluding tert-OH is 2. The molecule has 1 aromatic heterocycles. The summed E-state index contributed by atoms with van der Waals surface area (Å²) in [5, 5.41) is 22.2. The molecule has 0 bridgehead atoms. The lowest BCUT2D eigenvalue weighted by molar-refractivity contribution is -0.0112. The zero-order valence-electron chi connectivity index (χ0n) is 10.8. The monoisotopic (exact) mass is 285 g/mol. The summed E-state index contributed by atoms with van der Waals surface area (Å²) < 4.78 is 20.2. The van der Waals surface area contributed by atoms with Crippen molar-refractivity contribution in [2.75, 3.05) is 12.3 Å². The van der Waals surface area contributed by atoms with Gasteiger partial charge in [0.15, 0.2) is 17.5 Å². The van der Waals surface area contributed by atoms with Gasteiger partial charge in [0.2, 0.25) is 0 Å². The molecule has 1 unspecified atom stereocenters. The second-order valence-electron chi connectivity index (χ2n) is 4.32. The van der Waals surface area contributed by atoms with Gasteiger partial charge in [-0.1, -0.05) is 0 Å². The average molecular weight is 285 g/mol. The first kappa shape index (κ1) is 14.6. The van der Waals surface area contributed by atoms with Crippen LogP contribution in [0.4, 0.5) is 10.2 Å². The molecular weight excluding hydrogens is 269 g/mol. The zero-order chi connectivity index (χ0) is 14.7. The number of rotatable bonds is 3. The number of aliphatic hydroxyl groups is 2. The van der Waals surface area contributed by atoms with E-state index < -0.39 is 31.1 Å². The third kappa shape index (κ3) is 2.84. The van der Waals surface area contributed by atoms with Crippen LogP contribution in [0, 0.1) is 0 Å². The summed E-state index contributed by atoms with van der Waals surface area (Å²) in [6.07, 6.45) is -0.928. The Kier molecular flexibility index (Phi) is 4.42. The summed E-state index contributed by atoms with van der Waals surface area (Å²) in [5.74, 6) is 0.185. The van der Waals surface area contributed by atoms with Crippen molar-refractivity contribution >= 4 is 5.82 Å². The van der Waals surface area contributed by atoms with Crippen molar-refractivity contribution < 1.29 is 19.3 Å². The largest absolute Gasteiger partial charge is 0.394 e. The van der Waals surface area contributed by atoms with Crippen LogP contribution in [0.3, 0.4) is 0 Å². The van der Waals surface area contributed by atoms with E-state index in [1.807, 2.05) is 0 Å². The minimum absolute atomic E-state index is 0.185. The highest BCUT2D eigenvalue weighted by molar-refractivity contribution is 5.20. The minimum Gasteiger partial charge on any atom is -0.394 e. The Morgan fingerprint density at radius 1 is 1.65 bits per heavy atom. The second-order valence-corrected chi connectivity index (χ2v) is 4.32. The third-order valence-electron chi connectivity index (χ3n) is 2.96. The number of nitrogens with two attached hydrogens (primary N) is 1. The fourth-order valence-electron chi connectivity index (χ4n) is 1.85. The summed E-state index contributed by atoms with van der Waals surface area (Å²) in [4.78, 5) is 7.80. The highest BCUT2D eigenvalue weighted by Crippen LogP contribution is 2.24. The van der Waals surface area contributed by atoms with Crippen LogP contribution in [0.2, 0.25) is 0 Å². The molecule has 0 amide bonds. The Balaban J connectivity index is 2.15. The fraction of sp³-hybridized carbons (Fsp3) is 0.545. The van der Waals surface area contributed by atoms with E-state index >= 15 is 0 Å². The predicted molar refractivity (Wildman–Crippen MR) is 66.8 cm³/mol. The summed E-state index contributed by atoms with van der Waals surface area (Å²) in [5.41, 5.74) is 5.95. The maximum absolute atomic E-state index is 13.7. The minimum atomic E-state index is -1.61. The normalized spacial score (nSPS) is 31.3. The summed E-state index contributed by atoms with van der Waals surface area (Å²) in [6, 6.07) is 0. The molecule has 1 aromatic rings. The smallest absolute Gasteiger partial charge is 0.191 e. The highest BCUT2D eigenvalue weighted by Gasteiger charge is 2.42. The molecule has 1 saturated heterocycles. The van der Waals surface area contributed by atoms with E-state index in [9.17, 15) is 9.50 Å². The van der Waals surface area contributed by atoms with Crippen LogP contribution in [-0.2, 0) is 11.8 Å². The molecule has 4 atom stereocenters. The number of aryl methyl sites for hydroxylation is 1. The molecule has 9 heteroatoms. The van der Waals surface area contributed by atoms with Crippen LogP contribution in [0.15, 0.2) is 23.6 Å². The Bertz CT molecular complexity index is 538. The summed E-state index contributed by atoms with van der Waals surface area (Å²) >= 11 is 0. The van der Waals surface area contributed by atoms with Crippen molar-refractivity contribution in [3.05, 3.63) is 24.1 Å². The van der Waals surface area contributed by atoms with Crippen molar-refractivity contribution in [3.63, 3.8) is 0 Å². The van der Waals surface area contributed by atoms with E-state index in [0.29, 0.717) is 5.49 Å². The van der Waals surface area contributed by atoms with Gasteiger partial charge >= 0.3 is 0 Å². The number of ether oxygens (including phenoxy) is 1. The molecule has 1 aliphatic rings. The molecule has 2 rings (SSSR count). The lowest BCUT2D eigenvalue weighted by Crippen LogP contribution is -2.30. The molecule has 0 spiro atoms. The van der Waals surface area contributed by atoms with Crippen molar-refractivity contribution in [1.82, 2.24) is 14.8 Å². The Hall–Kier alpha value is -1.84. The molecule has 0 saturated carbocycles. The van der Waals surface area contributed by atoms with Gasteiger partial charge in [-0.3, -0.25) is 0 Å². The molecular formula is C11H16FN5O3. The molecule has 4 N–H and O–H groups in total. The number of nitrogen functional groups attached to an aromatic ring is 1. The standard InChI is InChI=1S/C11H16FN5O3/c1-17-11(10(13)15-5-16-17)14-3-2-6-8(12)9(19)7(4-18)20-6/h2-3,5-9,18-19H,4H2,1H3,(H2,13,15,16)/b3-2+,14-11-/t6?,7-,8+,9-/m1/s1. The topological polar surface area (TPSA) is 119 Å². The SMILES string of the molecule is Cn1ncnc(N)/c1=N/C=C/C1O[C@H](CO)[C@@H](O)[C@H]1F. The molecule has 1 aliphatic heterocycles. The molecule has 0 radical (unpaired) electrons. The quantitative estimate of drug-likeness (QED) is 0.607. The van der Waals surface area contributed by atoms with Crippen LogP contribution >= 0.6 is 0 Å². The van der Waals surface area contributed by atoms with Gasteiger partial charge in [-0.15, -0.1) is 0 Å². The number of aromatic nitrogens is 3. The van der Waals surface area contributed by atoms with E-state index in [-0.39, 0.29) is 5.82 Å². The second kappa shape index (κ2) is 6.07. The Morgan fingerprint density at radius 2 is 2.40 bits per heavy atom. The maximum atomic E-state index is 13.7. The van der Waals surface area contributed by atoms with E-state index in [4.69, 9.17) is 15.6 Å². The molecule has 110 valence electrons. The van der Waals surface area contributed by atoms with Crippen LogP contribution in [0.1, 0.15) is 0 Å². The van der Waals surface area contributed by atoms with E-state index in [1.54, 1.807) is 7.05 Å². The zero-order valence-corrected chi connectivity index (χ0v) is 10.8. The first-order chi connectivity index (χ1) is 9.54. The van der Waals surface area contributed by atoms with Gasteiger partial charge < -0.3 is 20.7 Å². The summed E-state index contributed by atoms with van der Waals surface area (Å²) in [6.45, 7) is -0.447. The van der Waals surface area contributed by atoms with Crippen molar-refractivity contribution in [3.8, 4) is 0 Å². The first-order valence-corrected chi connectivity index (χ1v) is 5.97. The van der Waals surface area contributed by atoms with Gasteiger partial charge in [0, 0.05) is 13.2 Å². The maximum Gasteiger partial charge on any atom is 0.191 e. The number of halogens is 1. The van der Waals surface area contributed by atoms with Gasteiger partial charge in [0.05, 0.1) is 6.61 Å². The number of anilines is 1. The predicted octanol–water partition coefficient (Wildman–Crippen LogP) is -1.73. The lowest BCUT2D eigenvalue weighted by Gasteiger charge is -2.08. The van der Waals surface area contributed by atoms with Gasteiger partial charge in [-0.25, -0.2) is 19.0 Å². The molecule has 8 nitrogen and oxygen atoms in total. The number of alkyl halides is 1. The average Bonchev–Trinajstić information content (AvgIpc) is 2.70. The number of hydrogen-bond donors (Lipinski definition) is 3. The van der Waals surface area contributed by atoms with Gasteiger partial charge in [0.25, 0.3) is 0 Å². The lowest BCUT2D eigenvalue weighted by atomic mass is 10.1. The summed E-state index contributed by atoms with van der Waals surface area (Å²) in [7, 11) is 1.64. The van der Waals surface area contributed by atoms with Crippen molar-refractivity contribution in [2.45, 2.75) is 24.5 Å². The van der Waals surface area contributed by atoms with Crippen LogP contribution in [0.25, 0.3) is 0 Å². The molecule has 1 fully saturated rings. The molecule has 0 aliphatic carbocycles. The molecule has 2 heterocycles. The highest BCUT2D eigenvalue weighted by atomic mass is 19.1. The van der Waals surface area contributed by atoms with Crippen LogP contribution in [0.5, 0.6) is 0 Å². The van der Waals surface area contributed by atoms with Gasteiger partial charge in [-0.05, 0) is 6.08 Å². The van der Waals surface area contributed by atoms with Crippen molar-refractivity contribution in [2.24, 2.45) is 12.0 Å². The van der Waals surface area contributed by atoms with E-state index in [2.05, 4.69) is 15.1 Å². The molecule has 0 aromatic carbocycles. The van der Waals surface area contributed by atoms with Gasteiger partial charge in [-0.2, -0.15) is 5.10 Å². The Morgan fingerprint density at radius 3 is 3.00 bits per heavy atom. The van der Waals surface area contributed by atoms with E-state index in [0.717, 1.165) is 0 Å². The van der Waals surface area contributed by atoms with Crippen LogP contribution < -0.4 is 11.2 Å². The first-order valence-electron chi connectivity index (χ1n) is 5.97. The number of hydrogen-bond acceptors (Lipinski definition) is 7. The fourth-order valence-corrected chi connectivity index (χ4v) is 1.85. The molecule has 20 heavy (non-hydrogen) atoms. The number of nitrogens with zero attached hydrogens (tertiary/aromatic N) is 4. The third-order valence-corrected chi connectivity index (χ3v) is 2.96. The van der Waals surface area contributed by atoms with Gasteiger partial charge in [0.1, 0.15) is 24.6 Å². The Labute approximate surface area is 114 Å². The van der Waals surface area contributed by atoms with Crippen molar-refractivity contribution in [1.29, 1.82) is 0 Å². The van der Waals surface area contributed by atoms with Crippen LogP contribution in [-0.4, -0.2) is 56.1 Å².